The Bertz CT molecular complexity index is 2010. The molecule has 3 heterocycles. The molecule has 15 heteroatoms. The summed E-state index contributed by atoms with van der Waals surface area (Å²) in [5.74, 6) is -1.40. The van der Waals surface area contributed by atoms with Crippen LogP contribution in [0.2, 0.25) is 0 Å². The molecule has 10 nitrogen and oxygen atoms in total. The Balaban J connectivity index is 1.17. The van der Waals surface area contributed by atoms with E-state index in [4.69, 9.17) is 9.57 Å². The summed E-state index contributed by atoms with van der Waals surface area (Å²) in [6, 6.07) is 17.1. The normalized spacial score (nSPS) is 25.0. The lowest BCUT2D eigenvalue weighted by Crippen LogP contribution is -2.57. The number of allylic oxidation sites excluding steroid dienone is 1. The van der Waals surface area contributed by atoms with Crippen LogP contribution >= 0.6 is 27.3 Å². The lowest BCUT2D eigenvalue weighted by Gasteiger charge is -2.30. The van der Waals surface area contributed by atoms with E-state index in [1.54, 1.807) is 24.3 Å². The van der Waals surface area contributed by atoms with Gasteiger partial charge in [-0.3, -0.25) is 14.4 Å². The average molecular weight is 813 g/mol. The van der Waals surface area contributed by atoms with E-state index in [1.165, 1.54) is 28.4 Å². The van der Waals surface area contributed by atoms with Crippen LogP contribution in [-0.2, 0) is 20.6 Å². The second-order valence-corrected chi connectivity index (χ2v) is 15.4. The molecule has 7 rings (SSSR count). The Hall–Kier alpha value is -4.63. The maximum absolute atomic E-state index is 14.5. The molecule has 3 aliphatic rings. The van der Waals surface area contributed by atoms with Crippen LogP contribution in [0.3, 0.4) is 0 Å². The minimum absolute atomic E-state index is 0.0248. The van der Waals surface area contributed by atoms with Crippen LogP contribution in [0.4, 0.5) is 18.9 Å². The fourth-order valence-electron chi connectivity index (χ4n) is 6.91. The molecule has 2 fully saturated rings. The van der Waals surface area contributed by atoms with E-state index >= 15 is 0 Å². The molecule has 3 aromatic carbocycles. The van der Waals surface area contributed by atoms with E-state index in [0.29, 0.717) is 30.2 Å². The third-order valence-electron chi connectivity index (χ3n) is 9.78. The number of carbonyl (C=O) groups excluding carboxylic acids is 3. The van der Waals surface area contributed by atoms with Crippen LogP contribution in [0.25, 0.3) is 10.2 Å². The summed E-state index contributed by atoms with van der Waals surface area (Å²) in [4.78, 5) is 54.1. The SMILES string of the molecule is O=C1N[C@]2(C(=O)NOc3ccccc3)C[C@H]2C=CCCCCC[C@H](Nc2cccc(C(F)(F)F)c2)C(=O)N2C[C@H](Oc3nc4ccc(Br)cc4s3)C[C@@H]12. The van der Waals surface area contributed by atoms with Crippen LogP contribution in [0.5, 0.6) is 10.9 Å². The molecule has 1 saturated heterocycles. The quantitative estimate of drug-likeness (QED) is 0.131. The predicted molar refractivity (Wildman–Crippen MR) is 197 cm³/mol. The first kappa shape index (κ1) is 36.7. The van der Waals surface area contributed by atoms with Crippen molar-refractivity contribution < 1.29 is 37.1 Å². The molecule has 0 bridgehead atoms. The van der Waals surface area contributed by atoms with Crippen molar-refractivity contribution >= 4 is 60.9 Å². The van der Waals surface area contributed by atoms with Gasteiger partial charge in [0.1, 0.15) is 23.7 Å². The van der Waals surface area contributed by atoms with Gasteiger partial charge < -0.3 is 25.1 Å². The third kappa shape index (κ3) is 8.46. The molecule has 4 aromatic rings. The van der Waals surface area contributed by atoms with Crippen molar-refractivity contribution in [3.05, 3.63) is 95.0 Å². The molecular weight excluding hydrogens is 775 g/mol. The van der Waals surface area contributed by atoms with Gasteiger partial charge in [-0.05, 0) is 74.2 Å². The van der Waals surface area contributed by atoms with E-state index in [0.717, 1.165) is 46.1 Å². The highest BCUT2D eigenvalue weighted by molar-refractivity contribution is 9.10. The first-order chi connectivity index (χ1) is 25.5. The van der Waals surface area contributed by atoms with Crippen molar-refractivity contribution in [3.8, 4) is 10.9 Å². The van der Waals surface area contributed by atoms with E-state index in [2.05, 4.69) is 37.0 Å². The van der Waals surface area contributed by atoms with Gasteiger partial charge in [-0.2, -0.15) is 18.7 Å². The van der Waals surface area contributed by atoms with Gasteiger partial charge in [-0.25, -0.2) is 4.98 Å². The largest absolute Gasteiger partial charge is 0.465 e. The number of hydrogen-bond donors (Lipinski definition) is 3. The third-order valence-corrected chi connectivity index (χ3v) is 11.2. The first-order valence-electron chi connectivity index (χ1n) is 17.5. The van der Waals surface area contributed by atoms with Crippen molar-refractivity contribution in [2.45, 2.75) is 74.8 Å². The fraction of sp³-hybridized carbons (Fsp3) is 0.368. The van der Waals surface area contributed by atoms with E-state index in [1.807, 2.05) is 36.4 Å². The maximum Gasteiger partial charge on any atom is 0.416 e. The summed E-state index contributed by atoms with van der Waals surface area (Å²) in [6.45, 7) is 0.0248. The highest BCUT2D eigenvalue weighted by Crippen LogP contribution is 2.46. The summed E-state index contributed by atoms with van der Waals surface area (Å²) >= 11 is 4.81. The number of aromatic nitrogens is 1. The molecule has 1 aromatic heterocycles. The monoisotopic (exact) mass is 811 g/mol. The van der Waals surface area contributed by atoms with Gasteiger partial charge in [0.25, 0.3) is 11.1 Å². The molecular formula is C38H37BrF3N5O5S. The number of thiazole rings is 1. The molecule has 278 valence electrons. The zero-order chi connectivity index (χ0) is 37.2. The number of fused-ring (bicyclic) bond motifs is 3. The van der Waals surface area contributed by atoms with Gasteiger partial charge >= 0.3 is 6.18 Å². The molecule has 0 unspecified atom stereocenters. The Labute approximate surface area is 316 Å². The number of anilines is 1. The molecule has 1 aliphatic carbocycles. The predicted octanol–water partition coefficient (Wildman–Crippen LogP) is 7.41. The fourth-order valence-corrected chi connectivity index (χ4v) is 8.34. The number of halogens is 4. The molecule has 1 saturated carbocycles. The van der Waals surface area contributed by atoms with Crippen molar-refractivity contribution in [2.75, 3.05) is 11.9 Å². The molecule has 3 N–H and O–H groups in total. The van der Waals surface area contributed by atoms with Gasteiger partial charge in [-0.15, -0.1) is 0 Å². The number of para-hydroxylation sites is 1. The summed E-state index contributed by atoms with van der Waals surface area (Å²) in [6.07, 6.45) is 2.41. The van der Waals surface area contributed by atoms with Crippen molar-refractivity contribution in [2.24, 2.45) is 5.92 Å². The molecule has 5 atom stereocenters. The number of carbonyl (C=O) groups is 3. The summed E-state index contributed by atoms with van der Waals surface area (Å²) in [5.41, 5.74) is 1.22. The Kier molecular flexibility index (Phi) is 10.7. The Morgan fingerprint density at radius 3 is 2.68 bits per heavy atom. The zero-order valence-electron chi connectivity index (χ0n) is 28.4. The molecule has 2 aliphatic heterocycles. The molecule has 0 radical (unpaired) electrons. The van der Waals surface area contributed by atoms with Gasteiger partial charge in [-0.1, -0.05) is 76.5 Å². The van der Waals surface area contributed by atoms with Gasteiger partial charge in [0.15, 0.2) is 5.75 Å². The summed E-state index contributed by atoms with van der Waals surface area (Å²) < 4.78 is 48.9. The van der Waals surface area contributed by atoms with E-state index in [-0.39, 0.29) is 24.6 Å². The van der Waals surface area contributed by atoms with Crippen molar-refractivity contribution in [1.82, 2.24) is 20.7 Å². The number of hydrogen-bond acceptors (Lipinski definition) is 8. The minimum Gasteiger partial charge on any atom is -0.465 e. The minimum atomic E-state index is -4.56. The average Bonchev–Trinajstić information content (AvgIpc) is 3.44. The summed E-state index contributed by atoms with van der Waals surface area (Å²) in [7, 11) is 0. The Morgan fingerprint density at radius 1 is 1.04 bits per heavy atom. The van der Waals surface area contributed by atoms with Gasteiger partial charge in [0.2, 0.25) is 11.8 Å². The van der Waals surface area contributed by atoms with Crippen LogP contribution in [0.1, 0.15) is 50.5 Å². The highest BCUT2D eigenvalue weighted by Gasteiger charge is 2.61. The number of alkyl halides is 3. The standard InChI is InChI=1S/C38H37BrF3N5O5S/c39-25-16-17-29-32(19-25)53-36(44-29)51-28-20-31-33(48)45-37(35(50)46-52-27-13-6-4-7-14-27)21-24(37)10-5-2-1-3-8-15-30(34(49)47(31)22-28)43-26-12-9-11-23(18-26)38(40,41)42/h4-7,9-14,16-19,24,28,30-31,43H,1-3,8,15,20-22H2,(H,45,48)(H,46,50)/t24-,28-,30+,31+,37-/m1/s1. The molecule has 3 amide bonds. The number of hydroxylamine groups is 1. The van der Waals surface area contributed by atoms with Gasteiger partial charge in [0, 0.05) is 22.5 Å². The second-order valence-electron chi connectivity index (χ2n) is 13.5. The van der Waals surface area contributed by atoms with E-state index in [9.17, 15) is 27.6 Å². The molecule has 53 heavy (non-hydrogen) atoms. The number of nitrogens with zero attached hydrogens (tertiary/aromatic N) is 2. The smallest absolute Gasteiger partial charge is 0.416 e. The number of rotatable bonds is 7. The second kappa shape index (κ2) is 15.4. The zero-order valence-corrected chi connectivity index (χ0v) is 30.8. The van der Waals surface area contributed by atoms with Crippen LogP contribution < -0.4 is 25.7 Å². The first-order valence-corrected chi connectivity index (χ1v) is 19.1. The van der Waals surface area contributed by atoms with Crippen molar-refractivity contribution in [3.63, 3.8) is 0 Å². The summed E-state index contributed by atoms with van der Waals surface area (Å²) in [5, 5.41) is 6.40. The van der Waals surface area contributed by atoms with Crippen LogP contribution in [0, 0.1) is 5.92 Å². The van der Waals surface area contributed by atoms with Gasteiger partial charge in [0.05, 0.1) is 22.3 Å². The van der Waals surface area contributed by atoms with E-state index < -0.39 is 53.2 Å². The van der Waals surface area contributed by atoms with Crippen LogP contribution in [0.15, 0.2) is 89.4 Å². The lowest BCUT2D eigenvalue weighted by atomic mass is 10.0. The van der Waals surface area contributed by atoms with Crippen molar-refractivity contribution in [1.29, 1.82) is 0 Å². The number of benzene rings is 3. The number of amides is 3. The maximum atomic E-state index is 14.5. The topological polar surface area (TPSA) is 122 Å². The van der Waals surface area contributed by atoms with Crippen LogP contribution in [-0.4, -0.2) is 57.9 Å². The lowest BCUT2D eigenvalue weighted by molar-refractivity contribution is -0.141. The highest BCUT2D eigenvalue weighted by atomic mass is 79.9. The number of ether oxygens (including phenoxy) is 1. The Morgan fingerprint density at radius 2 is 1.87 bits per heavy atom. The number of nitrogens with one attached hydrogen (secondary N) is 3. The molecule has 0 spiro atoms.